The molecular formula is C11H20N2O2. The Bertz CT molecular complexity index is 233. The number of amides is 1. The number of hydrogen-bond donors (Lipinski definition) is 0. The van der Waals surface area contributed by atoms with Crippen LogP contribution in [0.4, 0.5) is 0 Å². The third-order valence-electron chi connectivity index (χ3n) is 3.34. The summed E-state index contributed by atoms with van der Waals surface area (Å²) in [4.78, 5) is 15.9. The molecule has 0 aromatic heterocycles. The van der Waals surface area contributed by atoms with Crippen LogP contribution >= 0.6 is 0 Å². The number of fused-ring (bicyclic) bond motifs is 2. The van der Waals surface area contributed by atoms with Crippen molar-refractivity contribution in [2.75, 3.05) is 33.2 Å². The molecule has 0 saturated carbocycles. The van der Waals surface area contributed by atoms with Gasteiger partial charge in [-0.25, -0.2) is 0 Å². The van der Waals surface area contributed by atoms with Crippen molar-refractivity contribution >= 4 is 5.91 Å². The van der Waals surface area contributed by atoms with Crippen LogP contribution in [0.2, 0.25) is 0 Å². The van der Waals surface area contributed by atoms with Crippen molar-refractivity contribution in [1.29, 1.82) is 0 Å². The van der Waals surface area contributed by atoms with Crippen LogP contribution in [0, 0.1) is 0 Å². The summed E-state index contributed by atoms with van der Waals surface area (Å²) in [5.74, 6) is 0.250. The van der Waals surface area contributed by atoms with Crippen LogP contribution in [0.25, 0.3) is 0 Å². The van der Waals surface area contributed by atoms with Crippen molar-refractivity contribution in [2.45, 2.75) is 32.0 Å². The molecule has 0 aromatic carbocycles. The van der Waals surface area contributed by atoms with Gasteiger partial charge < -0.3 is 9.64 Å². The maximum absolute atomic E-state index is 11.9. The van der Waals surface area contributed by atoms with Gasteiger partial charge in [0.15, 0.2) is 0 Å². The van der Waals surface area contributed by atoms with E-state index in [2.05, 4.69) is 6.92 Å². The molecule has 0 N–H and O–H groups in total. The third kappa shape index (κ3) is 2.49. The van der Waals surface area contributed by atoms with E-state index in [4.69, 9.17) is 4.74 Å². The average Bonchev–Trinajstić information content (AvgIpc) is 2.57. The van der Waals surface area contributed by atoms with Crippen molar-refractivity contribution < 1.29 is 9.53 Å². The van der Waals surface area contributed by atoms with Gasteiger partial charge >= 0.3 is 0 Å². The summed E-state index contributed by atoms with van der Waals surface area (Å²) in [7, 11) is 1.98. The van der Waals surface area contributed by atoms with Gasteiger partial charge in [-0.1, -0.05) is 6.92 Å². The lowest BCUT2D eigenvalue weighted by molar-refractivity contribution is -0.140. The molecule has 0 spiro atoms. The van der Waals surface area contributed by atoms with E-state index in [-0.39, 0.29) is 5.91 Å². The zero-order chi connectivity index (χ0) is 10.8. The minimum absolute atomic E-state index is 0.250. The Hall–Kier alpha value is -0.610. The molecule has 2 saturated heterocycles. The number of hydrogen-bond acceptors (Lipinski definition) is 3. The largest absolute Gasteiger partial charge is 0.371 e. The van der Waals surface area contributed by atoms with Crippen molar-refractivity contribution in [2.24, 2.45) is 0 Å². The zero-order valence-corrected chi connectivity index (χ0v) is 9.61. The highest BCUT2D eigenvalue weighted by atomic mass is 16.5. The summed E-state index contributed by atoms with van der Waals surface area (Å²) in [6.45, 7) is 5.12. The van der Waals surface area contributed by atoms with Gasteiger partial charge in [-0.05, 0) is 26.4 Å². The van der Waals surface area contributed by atoms with E-state index in [0.717, 1.165) is 32.5 Å². The molecule has 4 nitrogen and oxygen atoms in total. The molecule has 4 heteroatoms. The van der Waals surface area contributed by atoms with Crippen LogP contribution in [-0.4, -0.2) is 61.1 Å². The standard InChI is InChI=1S/C11H20N2O2/c1-3-12(2)8-11(14)13-6-9-4-5-10(7-13)15-9/h9-10H,3-8H2,1-2H3. The van der Waals surface area contributed by atoms with E-state index in [9.17, 15) is 4.79 Å². The summed E-state index contributed by atoms with van der Waals surface area (Å²) in [5.41, 5.74) is 0. The first-order chi connectivity index (χ1) is 7.19. The second-order valence-electron chi connectivity index (χ2n) is 4.59. The van der Waals surface area contributed by atoms with E-state index in [1.807, 2.05) is 16.8 Å². The van der Waals surface area contributed by atoms with Crippen LogP contribution in [0.1, 0.15) is 19.8 Å². The Morgan fingerprint density at radius 2 is 2.00 bits per heavy atom. The normalized spacial score (nSPS) is 29.9. The van der Waals surface area contributed by atoms with E-state index >= 15 is 0 Å². The van der Waals surface area contributed by atoms with Gasteiger partial charge in [0.1, 0.15) is 0 Å². The fraction of sp³-hybridized carbons (Fsp3) is 0.909. The molecule has 2 aliphatic heterocycles. The minimum Gasteiger partial charge on any atom is -0.371 e. The van der Waals surface area contributed by atoms with Gasteiger partial charge in [-0.3, -0.25) is 9.69 Å². The Labute approximate surface area is 91.2 Å². The molecular weight excluding hydrogens is 192 g/mol. The molecule has 15 heavy (non-hydrogen) atoms. The number of likely N-dealkylation sites (N-methyl/N-ethyl adjacent to an activating group) is 1. The lowest BCUT2D eigenvalue weighted by Crippen LogP contribution is -2.48. The van der Waals surface area contributed by atoms with Crippen molar-refractivity contribution in [3.05, 3.63) is 0 Å². The average molecular weight is 212 g/mol. The first kappa shape index (κ1) is 10.9. The Kier molecular flexibility index (Phi) is 3.26. The van der Waals surface area contributed by atoms with E-state index < -0.39 is 0 Å². The number of carbonyl (C=O) groups excluding carboxylic acids is 1. The first-order valence-corrected chi connectivity index (χ1v) is 5.80. The van der Waals surface area contributed by atoms with Crippen molar-refractivity contribution in [3.63, 3.8) is 0 Å². The van der Waals surface area contributed by atoms with Gasteiger partial charge in [0, 0.05) is 13.1 Å². The van der Waals surface area contributed by atoms with Crippen LogP contribution < -0.4 is 0 Å². The first-order valence-electron chi connectivity index (χ1n) is 5.80. The van der Waals surface area contributed by atoms with Crippen LogP contribution in [0.3, 0.4) is 0 Å². The molecule has 2 rings (SSSR count). The highest BCUT2D eigenvalue weighted by molar-refractivity contribution is 5.78. The Balaban J connectivity index is 1.86. The van der Waals surface area contributed by atoms with E-state index in [1.54, 1.807) is 0 Å². The quantitative estimate of drug-likeness (QED) is 0.676. The van der Waals surface area contributed by atoms with Crippen LogP contribution in [-0.2, 0) is 9.53 Å². The maximum atomic E-state index is 11.9. The summed E-state index contributed by atoms with van der Waals surface area (Å²) < 4.78 is 5.70. The number of nitrogens with zero attached hydrogens (tertiary/aromatic N) is 2. The third-order valence-corrected chi connectivity index (χ3v) is 3.34. The molecule has 0 radical (unpaired) electrons. The number of likely N-dealkylation sites (tertiary alicyclic amines) is 1. The minimum atomic E-state index is 0.250. The number of rotatable bonds is 3. The van der Waals surface area contributed by atoms with Gasteiger partial charge in [-0.2, -0.15) is 0 Å². The summed E-state index contributed by atoms with van der Waals surface area (Å²) in [6.07, 6.45) is 2.86. The molecule has 2 unspecified atom stereocenters. The molecule has 86 valence electrons. The van der Waals surface area contributed by atoms with E-state index in [0.29, 0.717) is 18.8 Å². The summed E-state index contributed by atoms with van der Waals surface area (Å²) in [5, 5.41) is 0. The number of ether oxygens (including phenoxy) is 1. The SMILES string of the molecule is CCN(C)CC(=O)N1CC2CCC(C1)O2. The van der Waals surface area contributed by atoms with E-state index in [1.165, 1.54) is 0 Å². The van der Waals surface area contributed by atoms with Crippen LogP contribution in [0.15, 0.2) is 0 Å². The molecule has 2 fully saturated rings. The fourth-order valence-corrected chi connectivity index (χ4v) is 2.26. The molecule has 2 bridgehead atoms. The Morgan fingerprint density at radius 1 is 1.40 bits per heavy atom. The predicted molar refractivity (Wildman–Crippen MR) is 57.6 cm³/mol. The van der Waals surface area contributed by atoms with Gasteiger partial charge in [-0.15, -0.1) is 0 Å². The molecule has 0 aliphatic carbocycles. The molecule has 2 aliphatic rings. The topological polar surface area (TPSA) is 32.8 Å². The molecule has 2 heterocycles. The second kappa shape index (κ2) is 4.49. The highest BCUT2D eigenvalue weighted by Gasteiger charge is 2.35. The van der Waals surface area contributed by atoms with Crippen molar-refractivity contribution in [3.8, 4) is 0 Å². The molecule has 1 amide bonds. The summed E-state index contributed by atoms with van der Waals surface area (Å²) >= 11 is 0. The molecule has 0 aromatic rings. The zero-order valence-electron chi connectivity index (χ0n) is 9.61. The second-order valence-corrected chi connectivity index (χ2v) is 4.59. The lowest BCUT2D eigenvalue weighted by Gasteiger charge is -2.33. The monoisotopic (exact) mass is 212 g/mol. The van der Waals surface area contributed by atoms with Gasteiger partial charge in [0.05, 0.1) is 18.8 Å². The maximum Gasteiger partial charge on any atom is 0.236 e. The highest BCUT2D eigenvalue weighted by Crippen LogP contribution is 2.26. The molecule has 2 atom stereocenters. The number of morpholine rings is 1. The van der Waals surface area contributed by atoms with Crippen molar-refractivity contribution in [1.82, 2.24) is 9.80 Å². The van der Waals surface area contributed by atoms with Crippen LogP contribution in [0.5, 0.6) is 0 Å². The number of carbonyl (C=O) groups is 1. The fourth-order valence-electron chi connectivity index (χ4n) is 2.26. The predicted octanol–water partition coefficient (Wildman–Crippen LogP) is 0.328. The Morgan fingerprint density at radius 3 is 2.53 bits per heavy atom. The smallest absolute Gasteiger partial charge is 0.236 e. The summed E-state index contributed by atoms with van der Waals surface area (Å²) in [6, 6.07) is 0. The van der Waals surface area contributed by atoms with Gasteiger partial charge in [0.2, 0.25) is 5.91 Å². The van der Waals surface area contributed by atoms with Gasteiger partial charge in [0.25, 0.3) is 0 Å². The lowest BCUT2D eigenvalue weighted by atomic mass is 10.2.